The maximum Gasteiger partial charge on any atom is 0.308 e. The van der Waals surface area contributed by atoms with Crippen molar-refractivity contribution in [3.8, 4) is 5.75 Å². The van der Waals surface area contributed by atoms with Gasteiger partial charge in [-0.05, 0) is 24.6 Å². The summed E-state index contributed by atoms with van der Waals surface area (Å²) in [6.45, 7) is 4.76. The molecule has 0 aliphatic heterocycles. The Morgan fingerprint density at radius 2 is 1.94 bits per heavy atom. The molecule has 0 saturated carbocycles. The third-order valence-corrected chi connectivity index (χ3v) is 2.52. The highest BCUT2D eigenvalue weighted by molar-refractivity contribution is 5.96. The van der Waals surface area contributed by atoms with E-state index in [0.717, 1.165) is 16.5 Å². The summed E-state index contributed by atoms with van der Waals surface area (Å²) in [4.78, 5) is 22.5. The lowest BCUT2D eigenvalue weighted by atomic mass is 10.2. The minimum absolute atomic E-state index is 0.112. The van der Waals surface area contributed by atoms with Crippen LogP contribution < -0.4 is 4.74 Å². The van der Waals surface area contributed by atoms with Crippen molar-refractivity contribution >= 4 is 22.8 Å². The molecule has 1 aromatic heterocycles. The van der Waals surface area contributed by atoms with E-state index in [2.05, 4.69) is 0 Å². The number of nitrogens with zero attached hydrogens (tertiary/aromatic N) is 1. The fourth-order valence-corrected chi connectivity index (χ4v) is 1.80. The molecule has 17 heavy (non-hydrogen) atoms. The molecule has 0 unspecified atom stereocenters. The van der Waals surface area contributed by atoms with Crippen LogP contribution in [0.25, 0.3) is 10.9 Å². The van der Waals surface area contributed by atoms with Crippen molar-refractivity contribution in [3.05, 3.63) is 30.0 Å². The quantitative estimate of drug-likeness (QED) is 0.708. The Kier molecular flexibility index (Phi) is 2.71. The van der Waals surface area contributed by atoms with Gasteiger partial charge in [0.1, 0.15) is 0 Å². The minimum Gasteiger partial charge on any atom is -0.424 e. The van der Waals surface area contributed by atoms with E-state index in [-0.39, 0.29) is 5.91 Å². The van der Waals surface area contributed by atoms with E-state index in [1.54, 1.807) is 6.20 Å². The Labute approximate surface area is 98.8 Å². The SMILES string of the molecule is CC(=O)Oc1cn(C(C)=O)c2cc(C)ccc12. The number of benzene rings is 1. The maximum atomic E-state index is 11.5. The Morgan fingerprint density at radius 1 is 1.24 bits per heavy atom. The lowest BCUT2D eigenvalue weighted by molar-refractivity contribution is -0.131. The Hall–Kier alpha value is -2.10. The van der Waals surface area contributed by atoms with Gasteiger partial charge in [0.05, 0.1) is 11.7 Å². The number of rotatable bonds is 1. The van der Waals surface area contributed by atoms with Crippen molar-refractivity contribution < 1.29 is 14.3 Å². The highest BCUT2D eigenvalue weighted by Crippen LogP contribution is 2.29. The topological polar surface area (TPSA) is 48.3 Å². The molecule has 0 radical (unpaired) electrons. The van der Waals surface area contributed by atoms with Gasteiger partial charge >= 0.3 is 5.97 Å². The van der Waals surface area contributed by atoms with Gasteiger partial charge in [0.2, 0.25) is 5.91 Å². The Balaban J connectivity index is 2.70. The summed E-state index contributed by atoms with van der Waals surface area (Å²) in [5.74, 6) is -0.0881. The van der Waals surface area contributed by atoms with Gasteiger partial charge in [0.15, 0.2) is 5.75 Å². The number of esters is 1. The van der Waals surface area contributed by atoms with Gasteiger partial charge in [-0.25, -0.2) is 0 Å². The summed E-state index contributed by atoms with van der Waals surface area (Å²) >= 11 is 0. The summed E-state index contributed by atoms with van der Waals surface area (Å²) in [6.07, 6.45) is 1.55. The van der Waals surface area contributed by atoms with Crippen LogP contribution in [0.1, 0.15) is 24.2 Å². The van der Waals surface area contributed by atoms with Gasteiger partial charge in [-0.2, -0.15) is 0 Å². The van der Waals surface area contributed by atoms with Crippen LogP contribution >= 0.6 is 0 Å². The van der Waals surface area contributed by atoms with Crippen molar-refractivity contribution in [2.75, 3.05) is 0 Å². The van der Waals surface area contributed by atoms with Crippen LogP contribution in [0.2, 0.25) is 0 Å². The molecular weight excluding hydrogens is 218 g/mol. The van der Waals surface area contributed by atoms with Gasteiger partial charge in [-0.15, -0.1) is 0 Å². The van der Waals surface area contributed by atoms with E-state index < -0.39 is 5.97 Å². The smallest absolute Gasteiger partial charge is 0.308 e. The van der Waals surface area contributed by atoms with Gasteiger partial charge < -0.3 is 4.74 Å². The predicted octanol–water partition coefficient (Wildman–Crippen LogP) is 2.54. The van der Waals surface area contributed by atoms with Crippen LogP contribution in [0.4, 0.5) is 0 Å². The average Bonchev–Trinajstić information content (AvgIpc) is 2.55. The van der Waals surface area contributed by atoms with E-state index in [0.29, 0.717) is 5.75 Å². The predicted molar refractivity (Wildman–Crippen MR) is 64.3 cm³/mol. The van der Waals surface area contributed by atoms with Crippen molar-refractivity contribution in [2.24, 2.45) is 0 Å². The summed E-state index contributed by atoms with van der Waals surface area (Å²) in [7, 11) is 0. The lowest BCUT2D eigenvalue weighted by Gasteiger charge is -1.99. The molecule has 0 bridgehead atoms. The molecule has 4 heteroatoms. The first-order valence-electron chi connectivity index (χ1n) is 5.30. The average molecular weight is 231 g/mol. The molecular formula is C13H13NO3. The third-order valence-electron chi connectivity index (χ3n) is 2.52. The van der Waals surface area contributed by atoms with Crippen LogP contribution in [-0.4, -0.2) is 16.4 Å². The van der Waals surface area contributed by atoms with E-state index >= 15 is 0 Å². The normalized spacial score (nSPS) is 10.5. The van der Waals surface area contributed by atoms with Crippen LogP contribution in [0.5, 0.6) is 5.75 Å². The van der Waals surface area contributed by atoms with Gasteiger partial charge in [-0.1, -0.05) is 6.07 Å². The molecule has 0 atom stereocenters. The molecule has 0 aliphatic rings. The van der Waals surface area contributed by atoms with Crippen LogP contribution in [0.3, 0.4) is 0 Å². The summed E-state index contributed by atoms with van der Waals surface area (Å²) in [5.41, 5.74) is 1.81. The van der Waals surface area contributed by atoms with E-state index in [1.807, 2.05) is 25.1 Å². The number of aryl methyl sites for hydroxylation is 1. The zero-order chi connectivity index (χ0) is 12.6. The monoisotopic (exact) mass is 231 g/mol. The molecule has 88 valence electrons. The molecule has 0 spiro atoms. The van der Waals surface area contributed by atoms with Crippen molar-refractivity contribution in [2.45, 2.75) is 20.8 Å². The van der Waals surface area contributed by atoms with E-state index in [4.69, 9.17) is 4.74 Å². The molecule has 0 N–H and O–H groups in total. The highest BCUT2D eigenvalue weighted by atomic mass is 16.5. The molecule has 1 aromatic carbocycles. The minimum atomic E-state index is -0.395. The van der Waals surface area contributed by atoms with Gasteiger partial charge in [0.25, 0.3) is 0 Å². The standard InChI is InChI=1S/C13H13NO3/c1-8-4-5-11-12(6-8)14(9(2)15)7-13(11)17-10(3)16/h4-7H,1-3H3. The van der Waals surface area contributed by atoms with Crippen LogP contribution in [-0.2, 0) is 4.79 Å². The second kappa shape index (κ2) is 4.05. The molecule has 0 aliphatic carbocycles. The number of carbonyl (C=O) groups excluding carboxylic acids is 2. The number of hydrogen-bond acceptors (Lipinski definition) is 3. The maximum absolute atomic E-state index is 11.5. The first kappa shape index (κ1) is 11.4. The van der Waals surface area contributed by atoms with Crippen molar-refractivity contribution in [3.63, 3.8) is 0 Å². The van der Waals surface area contributed by atoms with Crippen molar-refractivity contribution in [1.29, 1.82) is 0 Å². The third kappa shape index (κ3) is 2.06. The van der Waals surface area contributed by atoms with Gasteiger partial charge in [0, 0.05) is 19.2 Å². The Bertz CT molecular complexity index is 610. The molecule has 0 amide bonds. The molecule has 1 heterocycles. The zero-order valence-corrected chi connectivity index (χ0v) is 9.98. The number of fused-ring (bicyclic) bond motifs is 1. The fourth-order valence-electron chi connectivity index (χ4n) is 1.80. The summed E-state index contributed by atoms with van der Waals surface area (Å²) in [6, 6.07) is 5.66. The first-order chi connectivity index (χ1) is 7.99. The second-order valence-electron chi connectivity index (χ2n) is 4.00. The number of carbonyl (C=O) groups is 2. The van der Waals surface area contributed by atoms with Crippen molar-refractivity contribution in [1.82, 2.24) is 4.57 Å². The summed E-state index contributed by atoms with van der Waals surface area (Å²) in [5, 5.41) is 0.765. The first-order valence-corrected chi connectivity index (χ1v) is 5.30. The molecule has 4 nitrogen and oxygen atoms in total. The number of aromatic nitrogens is 1. The van der Waals surface area contributed by atoms with Gasteiger partial charge in [-0.3, -0.25) is 14.2 Å². The van der Waals surface area contributed by atoms with Crippen LogP contribution in [0.15, 0.2) is 24.4 Å². The van der Waals surface area contributed by atoms with E-state index in [1.165, 1.54) is 18.4 Å². The lowest BCUT2D eigenvalue weighted by Crippen LogP contribution is -2.03. The largest absolute Gasteiger partial charge is 0.424 e. The molecule has 0 fully saturated rings. The molecule has 0 saturated heterocycles. The Morgan fingerprint density at radius 3 is 2.53 bits per heavy atom. The molecule has 2 aromatic rings. The van der Waals surface area contributed by atoms with Crippen LogP contribution in [0, 0.1) is 6.92 Å². The van der Waals surface area contributed by atoms with E-state index in [9.17, 15) is 9.59 Å². The second-order valence-corrected chi connectivity index (χ2v) is 4.00. The highest BCUT2D eigenvalue weighted by Gasteiger charge is 2.13. The molecule has 2 rings (SSSR count). The number of hydrogen-bond donors (Lipinski definition) is 0. The zero-order valence-electron chi connectivity index (χ0n) is 9.98. The fraction of sp³-hybridized carbons (Fsp3) is 0.231. The number of ether oxygens (including phenoxy) is 1. The summed E-state index contributed by atoms with van der Waals surface area (Å²) < 4.78 is 6.57.